The Morgan fingerprint density at radius 3 is 2.90 bits per heavy atom. The van der Waals surface area contributed by atoms with E-state index >= 15 is 0 Å². The van der Waals surface area contributed by atoms with Crippen molar-refractivity contribution in [2.75, 3.05) is 18.2 Å². The minimum atomic E-state index is 0.579. The van der Waals surface area contributed by atoms with Crippen molar-refractivity contribution >= 4 is 49.7 Å². The fourth-order valence-electron chi connectivity index (χ4n) is 1.86. The van der Waals surface area contributed by atoms with Crippen molar-refractivity contribution in [3.63, 3.8) is 0 Å². The highest BCUT2D eigenvalue weighted by Crippen LogP contribution is 2.32. The number of hydrogen-bond donors (Lipinski definition) is 2. The molecule has 0 spiro atoms. The molecule has 0 fully saturated rings. The molecule has 0 amide bonds. The van der Waals surface area contributed by atoms with Crippen molar-refractivity contribution < 1.29 is 4.74 Å². The third-order valence-corrected chi connectivity index (χ3v) is 4.06. The predicted octanol–water partition coefficient (Wildman–Crippen LogP) is 4.28. The first-order valence-electron chi connectivity index (χ1n) is 5.92. The van der Waals surface area contributed by atoms with Gasteiger partial charge in [-0.25, -0.2) is 4.98 Å². The van der Waals surface area contributed by atoms with Gasteiger partial charge < -0.3 is 15.8 Å². The summed E-state index contributed by atoms with van der Waals surface area (Å²) in [5.74, 6) is 0.627. The molecule has 0 bridgehead atoms. The number of aromatic nitrogens is 1. The summed E-state index contributed by atoms with van der Waals surface area (Å²) in [6, 6.07) is 11.2. The summed E-state index contributed by atoms with van der Waals surface area (Å²) < 4.78 is 6.24. The van der Waals surface area contributed by atoms with Crippen LogP contribution in [0.4, 0.5) is 16.5 Å². The summed E-state index contributed by atoms with van der Waals surface area (Å²) in [4.78, 5) is 4.51. The van der Waals surface area contributed by atoms with Gasteiger partial charge in [-0.1, -0.05) is 22.9 Å². The number of nitrogens with one attached hydrogen (secondary N) is 1. The van der Waals surface area contributed by atoms with Crippen LogP contribution in [0.15, 0.2) is 36.4 Å². The summed E-state index contributed by atoms with van der Waals surface area (Å²) >= 11 is 7.55. The van der Waals surface area contributed by atoms with E-state index in [1.807, 2.05) is 30.3 Å². The summed E-state index contributed by atoms with van der Waals surface area (Å²) in [7, 11) is 1.59. The van der Waals surface area contributed by atoms with Gasteiger partial charge in [0.25, 0.3) is 0 Å². The van der Waals surface area contributed by atoms with Crippen molar-refractivity contribution in [2.24, 2.45) is 0 Å². The van der Waals surface area contributed by atoms with Crippen LogP contribution in [0.1, 0.15) is 0 Å². The van der Waals surface area contributed by atoms with Gasteiger partial charge in [0, 0.05) is 17.4 Å². The third-order valence-electron chi connectivity index (χ3n) is 2.81. The number of methoxy groups -OCH3 is 1. The maximum absolute atomic E-state index is 6.00. The molecular weight excluding hydrogens is 294 g/mol. The number of benzene rings is 2. The maximum Gasteiger partial charge on any atom is 0.188 e. The number of halogens is 1. The number of anilines is 3. The zero-order valence-corrected chi connectivity index (χ0v) is 12.3. The Balaban J connectivity index is 1.92. The van der Waals surface area contributed by atoms with E-state index in [1.54, 1.807) is 24.5 Å². The first-order chi connectivity index (χ1) is 9.65. The second-order valence-corrected chi connectivity index (χ2v) is 5.66. The van der Waals surface area contributed by atoms with Gasteiger partial charge in [-0.2, -0.15) is 0 Å². The van der Waals surface area contributed by atoms with Crippen LogP contribution in [0.5, 0.6) is 5.75 Å². The lowest BCUT2D eigenvalue weighted by Gasteiger charge is -2.06. The van der Waals surface area contributed by atoms with Gasteiger partial charge in [-0.15, -0.1) is 0 Å². The minimum Gasteiger partial charge on any atom is -0.495 e. The average Bonchev–Trinajstić information content (AvgIpc) is 2.82. The third kappa shape index (κ3) is 2.50. The number of nitrogens with zero attached hydrogens (tertiary/aromatic N) is 1. The highest BCUT2D eigenvalue weighted by Gasteiger charge is 2.06. The molecule has 0 atom stereocenters. The highest BCUT2D eigenvalue weighted by atomic mass is 35.5. The highest BCUT2D eigenvalue weighted by molar-refractivity contribution is 7.22. The van der Waals surface area contributed by atoms with E-state index < -0.39 is 0 Å². The number of nitrogen functional groups attached to an aromatic ring is 1. The Hall–Kier alpha value is -1.98. The molecule has 4 nitrogen and oxygen atoms in total. The van der Waals surface area contributed by atoms with Gasteiger partial charge in [-0.3, -0.25) is 0 Å². The molecule has 0 aliphatic rings. The Bertz CT molecular complexity index is 772. The fourth-order valence-corrected chi connectivity index (χ4v) is 2.98. The molecule has 3 rings (SSSR count). The van der Waals surface area contributed by atoms with Gasteiger partial charge in [0.1, 0.15) is 5.75 Å². The van der Waals surface area contributed by atoms with E-state index in [1.165, 1.54) is 0 Å². The molecule has 0 radical (unpaired) electrons. The second-order valence-electron chi connectivity index (χ2n) is 4.22. The summed E-state index contributed by atoms with van der Waals surface area (Å²) in [6.45, 7) is 0. The number of hydrogen-bond acceptors (Lipinski definition) is 5. The molecule has 1 aromatic heterocycles. The van der Waals surface area contributed by atoms with Crippen molar-refractivity contribution in [1.29, 1.82) is 0 Å². The maximum atomic E-state index is 6.00. The van der Waals surface area contributed by atoms with Gasteiger partial charge >= 0.3 is 0 Å². The molecule has 0 unspecified atom stereocenters. The smallest absolute Gasteiger partial charge is 0.188 e. The Morgan fingerprint density at radius 2 is 2.10 bits per heavy atom. The second kappa shape index (κ2) is 5.19. The van der Waals surface area contributed by atoms with Crippen LogP contribution < -0.4 is 15.8 Å². The van der Waals surface area contributed by atoms with Crippen molar-refractivity contribution in [2.45, 2.75) is 0 Å². The lowest BCUT2D eigenvalue weighted by molar-refractivity contribution is 0.415. The number of ether oxygens (including phenoxy) is 1. The van der Waals surface area contributed by atoms with E-state index in [-0.39, 0.29) is 0 Å². The molecule has 0 aliphatic heterocycles. The van der Waals surface area contributed by atoms with Crippen molar-refractivity contribution in [3.8, 4) is 5.75 Å². The van der Waals surface area contributed by atoms with E-state index in [2.05, 4.69) is 10.3 Å². The molecule has 0 saturated carbocycles. The Labute approximate surface area is 125 Å². The Kier molecular flexibility index (Phi) is 3.38. The number of rotatable bonds is 3. The Morgan fingerprint density at radius 1 is 1.25 bits per heavy atom. The molecule has 0 aliphatic carbocycles. The standard InChI is InChI=1S/C14H12ClN3OS/c1-19-12-7-9(3-4-10(12)15)17-14-18-11-5-2-8(16)6-13(11)20-14/h2-7H,16H2,1H3,(H,17,18). The SMILES string of the molecule is COc1cc(Nc2nc3ccc(N)cc3s2)ccc1Cl. The van der Waals surface area contributed by atoms with E-state index in [0.717, 1.165) is 26.7 Å². The first-order valence-corrected chi connectivity index (χ1v) is 7.12. The van der Waals surface area contributed by atoms with Crippen LogP contribution in [0.25, 0.3) is 10.2 Å². The lowest BCUT2D eigenvalue weighted by atomic mass is 10.3. The zero-order chi connectivity index (χ0) is 14.1. The average molecular weight is 306 g/mol. The van der Waals surface area contributed by atoms with E-state index in [4.69, 9.17) is 22.1 Å². The van der Waals surface area contributed by atoms with Gasteiger partial charge in [0.2, 0.25) is 0 Å². The first kappa shape index (κ1) is 13.0. The summed E-state index contributed by atoms with van der Waals surface area (Å²) in [5.41, 5.74) is 8.30. The molecule has 20 heavy (non-hydrogen) atoms. The number of nitrogens with two attached hydrogens (primary N) is 1. The predicted molar refractivity (Wildman–Crippen MR) is 85.3 cm³/mol. The van der Waals surface area contributed by atoms with E-state index in [9.17, 15) is 0 Å². The van der Waals surface area contributed by atoms with Crippen molar-refractivity contribution in [3.05, 3.63) is 41.4 Å². The van der Waals surface area contributed by atoms with Crippen LogP contribution in [-0.4, -0.2) is 12.1 Å². The normalized spacial score (nSPS) is 10.7. The lowest BCUT2D eigenvalue weighted by Crippen LogP contribution is -1.91. The fraction of sp³-hybridized carbons (Fsp3) is 0.0714. The molecule has 2 aromatic carbocycles. The molecule has 3 aromatic rings. The molecule has 0 saturated heterocycles. The minimum absolute atomic E-state index is 0.579. The molecule has 102 valence electrons. The molecular formula is C14H12ClN3OS. The van der Waals surface area contributed by atoms with Crippen LogP contribution in [0, 0.1) is 0 Å². The summed E-state index contributed by atoms with van der Waals surface area (Å²) in [5, 5.41) is 4.62. The quantitative estimate of drug-likeness (QED) is 0.709. The number of fused-ring (bicyclic) bond motifs is 1. The van der Waals surface area contributed by atoms with Crippen LogP contribution in [0.2, 0.25) is 5.02 Å². The topological polar surface area (TPSA) is 60.2 Å². The van der Waals surface area contributed by atoms with Crippen molar-refractivity contribution in [1.82, 2.24) is 4.98 Å². The summed E-state index contributed by atoms with van der Waals surface area (Å²) in [6.07, 6.45) is 0. The molecule has 6 heteroatoms. The molecule has 3 N–H and O–H groups in total. The number of thiazole rings is 1. The van der Waals surface area contributed by atoms with Crippen LogP contribution in [0.3, 0.4) is 0 Å². The van der Waals surface area contributed by atoms with Crippen LogP contribution in [-0.2, 0) is 0 Å². The van der Waals surface area contributed by atoms with Gasteiger partial charge in [0.15, 0.2) is 5.13 Å². The van der Waals surface area contributed by atoms with Gasteiger partial charge in [0.05, 0.1) is 22.3 Å². The van der Waals surface area contributed by atoms with E-state index in [0.29, 0.717) is 10.8 Å². The zero-order valence-electron chi connectivity index (χ0n) is 10.7. The van der Waals surface area contributed by atoms with Crippen LogP contribution >= 0.6 is 22.9 Å². The largest absolute Gasteiger partial charge is 0.495 e. The van der Waals surface area contributed by atoms with Gasteiger partial charge in [-0.05, 0) is 30.3 Å². The monoisotopic (exact) mass is 305 g/mol. The molecule has 1 heterocycles.